The molecule has 2 aromatic carbocycles. The zero-order chi connectivity index (χ0) is 26.6. The third-order valence-corrected chi connectivity index (χ3v) is 6.71. The first kappa shape index (κ1) is 24.0. The van der Waals surface area contributed by atoms with Gasteiger partial charge in [0.25, 0.3) is 5.91 Å². The largest absolute Gasteiger partial charge is 0.491 e. The summed E-state index contributed by atoms with van der Waals surface area (Å²) >= 11 is 0. The van der Waals surface area contributed by atoms with E-state index in [4.69, 9.17) is 15.2 Å². The number of nitrogens with two attached hydrogens (primary N) is 1. The molecule has 2 aliphatic rings. The van der Waals surface area contributed by atoms with Gasteiger partial charge in [-0.3, -0.25) is 4.79 Å². The third-order valence-electron chi connectivity index (χ3n) is 6.71. The molecule has 38 heavy (non-hydrogen) atoms. The van der Waals surface area contributed by atoms with Gasteiger partial charge >= 0.3 is 6.18 Å². The lowest BCUT2D eigenvalue weighted by Crippen LogP contribution is -2.36. The van der Waals surface area contributed by atoms with Gasteiger partial charge < -0.3 is 20.1 Å². The molecule has 0 aliphatic carbocycles. The van der Waals surface area contributed by atoms with Gasteiger partial charge in [0.15, 0.2) is 0 Å². The number of benzene rings is 2. The number of alkyl halides is 3. The standard InChI is InChI=1S/C26H19F4N5O3/c27-19-8-20-15(17-10-37-11-18(17)24(31)34-20)7-16(19)25(36)35(9-23-32-4-1-5-33-23)21-12-38-22-6-13(26(28,29)30)2-3-14(21)22/h1-8,21H,9-12H2,(H2,31,34). The summed E-state index contributed by atoms with van der Waals surface area (Å²) < 4.78 is 66.1. The summed E-state index contributed by atoms with van der Waals surface area (Å²) in [5.41, 5.74) is 6.96. The second kappa shape index (κ2) is 8.91. The highest BCUT2D eigenvalue weighted by Crippen LogP contribution is 2.41. The fourth-order valence-electron chi connectivity index (χ4n) is 4.83. The van der Waals surface area contributed by atoms with Gasteiger partial charge in [-0.15, -0.1) is 0 Å². The van der Waals surface area contributed by atoms with Crippen molar-refractivity contribution in [3.8, 4) is 5.75 Å². The molecule has 0 bridgehead atoms. The predicted octanol–water partition coefficient (Wildman–Crippen LogP) is 4.57. The number of amides is 1. The normalized spacial score (nSPS) is 16.3. The Morgan fingerprint density at radius 2 is 1.87 bits per heavy atom. The first-order valence-corrected chi connectivity index (χ1v) is 11.6. The lowest BCUT2D eigenvalue weighted by atomic mass is 10.00. The van der Waals surface area contributed by atoms with Crippen molar-refractivity contribution in [3.63, 3.8) is 0 Å². The summed E-state index contributed by atoms with van der Waals surface area (Å²) in [6.45, 7) is 0.252. The Hall–Kier alpha value is -4.32. The number of rotatable bonds is 4. The number of carbonyl (C=O) groups excluding carboxylic acids is 1. The van der Waals surface area contributed by atoms with E-state index in [2.05, 4.69) is 15.0 Å². The topological polar surface area (TPSA) is 103 Å². The zero-order valence-electron chi connectivity index (χ0n) is 19.6. The molecule has 2 N–H and O–H groups in total. The van der Waals surface area contributed by atoms with Crippen LogP contribution in [0, 0.1) is 5.82 Å². The maximum absolute atomic E-state index is 15.4. The Morgan fingerprint density at radius 3 is 2.63 bits per heavy atom. The van der Waals surface area contributed by atoms with Crippen LogP contribution in [-0.2, 0) is 30.7 Å². The molecule has 194 valence electrons. The fraction of sp³-hybridized carbons (Fsp3) is 0.231. The van der Waals surface area contributed by atoms with Gasteiger partial charge in [0.1, 0.15) is 29.8 Å². The molecule has 0 saturated heterocycles. The van der Waals surface area contributed by atoms with Gasteiger partial charge in [-0.2, -0.15) is 13.2 Å². The molecule has 0 radical (unpaired) electrons. The summed E-state index contributed by atoms with van der Waals surface area (Å²) in [6.07, 6.45) is -1.56. The molecule has 0 spiro atoms. The SMILES string of the molecule is Nc1nc2cc(F)c(C(=O)N(Cc3ncccn3)C3COc4cc(C(F)(F)F)ccc43)cc2c2c1COC2. The van der Waals surface area contributed by atoms with E-state index in [1.54, 1.807) is 6.07 Å². The van der Waals surface area contributed by atoms with Crippen LogP contribution >= 0.6 is 0 Å². The lowest BCUT2D eigenvalue weighted by molar-refractivity contribution is -0.137. The number of fused-ring (bicyclic) bond motifs is 4. The van der Waals surface area contributed by atoms with Crippen LogP contribution in [0.3, 0.4) is 0 Å². The highest BCUT2D eigenvalue weighted by Gasteiger charge is 2.38. The lowest BCUT2D eigenvalue weighted by Gasteiger charge is -2.28. The van der Waals surface area contributed by atoms with E-state index >= 15 is 4.39 Å². The van der Waals surface area contributed by atoms with Crippen molar-refractivity contribution in [3.05, 3.63) is 88.3 Å². The van der Waals surface area contributed by atoms with Gasteiger partial charge in [0.05, 0.1) is 42.4 Å². The highest BCUT2D eigenvalue weighted by atomic mass is 19.4. The van der Waals surface area contributed by atoms with Crippen molar-refractivity contribution in [1.29, 1.82) is 0 Å². The van der Waals surface area contributed by atoms with Crippen molar-refractivity contribution in [2.45, 2.75) is 32.0 Å². The quantitative estimate of drug-likeness (QED) is 0.390. The number of aromatic nitrogens is 3. The molecule has 4 heterocycles. The third kappa shape index (κ3) is 4.06. The average molecular weight is 525 g/mol. The van der Waals surface area contributed by atoms with Crippen LogP contribution in [0.4, 0.5) is 23.4 Å². The van der Waals surface area contributed by atoms with Crippen molar-refractivity contribution >= 4 is 22.6 Å². The Bertz CT molecular complexity index is 1580. The number of ether oxygens (including phenoxy) is 2. The van der Waals surface area contributed by atoms with Gasteiger partial charge in [0, 0.05) is 35.0 Å². The summed E-state index contributed by atoms with van der Waals surface area (Å²) in [7, 11) is 0. The molecule has 0 saturated carbocycles. The molecule has 1 atom stereocenters. The van der Waals surface area contributed by atoms with E-state index in [1.165, 1.54) is 29.4 Å². The number of nitrogen functional groups attached to an aromatic ring is 1. The van der Waals surface area contributed by atoms with E-state index in [9.17, 15) is 18.0 Å². The van der Waals surface area contributed by atoms with Crippen LogP contribution in [0.1, 0.15) is 44.5 Å². The number of pyridine rings is 1. The molecular weight excluding hydrogens is 506 g/mol. The predicted molar refractivity (Wildman–Crippen MR) is 126 cm³/mol. The number of anilines is 1. The maximum Gasteiger partial charge on any atom is 0.416 e. The first-order valence-electron chi connectivity index (χ1n) is 11.6. The molecule has 2 aromatic heterocycles. The van der Waals surface area contributed by atoms with Crippen LogP contribution in [0.15, 0.2) is 48.8 Å². The Labute approximate surface area is 213 Å². The molecule has 1 amide bonds. The minimum absolute atomic E-state index is 0.00484. The minimum atomic E-state index is -4.56. The summed E-state index contributed by atoms with van der Waals surface area (Å²) in [4.78, 5) is 27.8. The van der Waals surface area contributed by atoms with Crippen LogP contribution < -0.4 is 10.5 Å². The van der Waals surface area contributed by atoms with E-state index < -0.39 is 29.5 Å². The van der Waals surface area contributed by atoms with Gasteiger partial charge in [0.2, 0.25) is 0 Å². The highest BCUT2D eigenvalue weighted by molar-refractivity contribution is 6.00. The van der Waals surface area contributed by atoms with Crippen molar-refractivity contribution in [2.75, 3.05) is 12.3 Å². The molecule has 8 nitrogen and oxygen atoms in total. The van der Waals surface area contributed by atoms with E-state index in [0.717, 1.165) is 23.8 Å². The zero-order valence-corrected chi connectivity index (χ0v) is 19.6. The molecule has 1 unspecified atom stereocenters. The number of hydrogen-bond acceptors (Lipinski definition) is 7. The molecule has 2 aliphatic heterocycles. The van der Waals surface area contributed by atoms with Crippen LogP contribution in [0.5, 0.6) is 5.75 Å². The minimum Gasteiger partial charge on any atom is -0.491 e. The van der Waals surface area contributed by atoms with Crippen molar-refractivity contribution in [2.24, 2.45) is 0 Å². The fourth-order valence-corrected chi connectivity index (χ4v) is 4.83. The maximum atomic E-state index is 15.4. The molecular formula is C26H19F4N5O3. The van der Waals surface area contributed by atoms with Crippen molar-refractivity contribution < 1.29 is 31.8 Å². The first-order chi connectivity index (χ1) is 18.2. The Kier molecular flexibility index (Phi) is 5.64. The van der Waals surface area contributed by atoms with Crippen LogP contribution in [0.2, 0.25) is 0 Å². The number of nitrogens with zero attached hydrogens (tertiary/aromatic N) is 4. The monoisotopic (exact) mass is 525 g/mol. The molecule has 6 rings (SSSR count). The summed E-state index contributed by atoms with van der Waals surface area (Å²) in [5, 5.41) is 0.533. The summed E-state index contributed by atoms with van der Waals surface area (Å²) in [6, 6.07) is 6.45. The number of carbonyl (C=O) groups is 1. The molecule has 12 heteroatoms. The van der Waals surface area contributed by atoms with E-state index in [0.29, 0.717) is 16.5 Å². The van der Waals surface area contributed by atoms with Gasteiger partial charge in [-0.05, 0) is 29.8 Å². The molecule has 0 fully saturated rings. The van der Waals surface area contributed by atoms with Crippen molar-refractivity contribution in [1.82, 2.24) is 19.9 Å². The van der Waals surface area contributed by atoms with E-state index in [1.807, 2.05) is 0 Å². The van der Waals surface area contributed by atoms with E-state index in [-0.39, 0.29) is 54.8 Å². The Morgan fingerprint density at radius 1 is 1.11 bits per heavy atom. The smallest absolute Gasteiger partial charge is 0.416 e. The van der Waals surface area contributed by atoms with Gasteiger partial charge in [-0.1, -0.05) is 6.07 Å². The number of hydrogen-bond donors (Lipinski definition) is 1. The van der Waals surface area contributed by atoms with Gasteiger partial charge in [-0.25, -0.2) is 19.3 Å². The van der Waals surface area contributed by atoms with Crippen LogP contribution in [0.25, 0.3) is 10.9 Å². The van der Waals surface area contributed by atoms with Crippen LogP contribution in [-0.4, -0.2) is 32.4 Å². The average Bonchev–Trinajstić information content (AvgIpc) is 3.55. The number of halogens is 4. The second-order valence-corrected chi connectivity index (χ2v) is 8.97. The Balaban J connectivity index is 1.44. The molecule has 4 aromatic rings. The summed E-state index contributed by atoms with van der Waals surface area (Å²) in [5.74, 6) is -1.01. The second-order valence-electron chi connectivity index (χ2n) is 8.97.